The zero-order valence-corrected chi connectivity index (χ0v) is 17.4. The Balaban J connectivity index is 1.35. The van der Waals surface area contributed by atoms with Crippen molar-refractivity contribution in [3.05, 3.63) is 52.5 Å². The van der Waals surface area contributed by atoms with Crippen LogP contribution in [-0.2, 0) is 9.59 Å². The van der Waals surface area contributed by atoms with Crippen molar-refractivity contribution in [3.63, 3.8) is 0 Å². The summed E-state index contributed by atoms with van der Waals surface area (Å²) in [6.07, 6.45) is 0.190. The van der Waals surface area contributed by atoms with Crippen molar-refractivity contribution >= 4 is 58.2 Å². The van der Waals surface area contributed by atoms with Crippen molar-refractivity contribution in [1.29, 1.82) is 0 Å². The third-order valence-electron chi connectivity index (χ3n) is 4.93. The summed E-state index contributed by atoms with van der Waals surface area (Å²) in [5.41, 5.74) is 1.78. The van der Waals surface area contributed by atoms with Gasteiger partial charge in [-0.25, -0.2) is 0 Å². The third-order valence-corrected chi connectivity index (χ3v) is 6.67. The van der Waals surface area contributed by atoms with E-state index in [4.69, 9.17) is 23.2 Å². The molecule has 2 aliphatic heterocycles. The highest BCUT2D eigenvalue weighted by Crippen LogP contribution is 2.38. The first kappa shape index (κ1) is 19.4. The summed E-state index contributed by atoms with van der Waals surface area (Å²) in [6.45, 7) is 2.77. The molecular weight excluding hydrogens is 417 g/mol. The molecular formula is C20H19Cl2N3O2S. The van der Waals surface area contributed by atoms with Crippen molar-refractivity contribution in [2.24, 2.45) is 0 Å². The number of carbonyl (C=O) groups is 2. The fraction of sp³-hybridized carbons (Fsp3) is 0.300. The number of amides is 2. The number of anilines is 2. The summed E-state index contributed by atoms with van der Waals surface area (Å²) in [7, 11) is 0. The summed E-state index contributed by atoms with van der Waals surface area (Å²) in [5, 5.41) is 3.72. The Hall–Kier alpha value is -1.89. The molecule has 0 radical (unpaired) electrons. The first-order valence-corrected chi connectivity index (χ1v) is 10.7. The highest BCUT2D eigenvalue weighted by atomic mass is 35.5. The van der Waals surface area contributed by atoms with Gasteiger partial charge in [0.05, 0.1) is 10.9 Å². The van der Waals surface area contributed by atoms with E-state index in [1.807, 2.05) is 35.2 Å². The molecule has 8 heteroatoms. The fourth-order valence-electron chi connectivity index (χ4n) is 3.43. The number of benzene rings is 2. The van der Waals surface area contributed by atoms with Gasteiger partial charge in [-0.05, 0) is 36.4 Å². The van der Waals surface area contributed by atoms with Gasteiger partial charge >= 0.3 is 0 Å². The van der Waals surface area contributed by atoms with Crippen LogP contribution in [0, 0.1) is 0 Å². The third kappa shape index (κ3) is 4.24. The zero-order valence-electron chi connectivity index (χ0n) is 15.0. The summed E-state index contributed by atoms with van der Waals surface area (Å²) < 4.78 is 0. The molecule has 1 fully saturated rings. The Morgan fingerprint density at radius 1 is 1.07 bits per heavy atom. The van der Waals surface area contributed by atoms with Crippen molar-refractivity contribution in [2.75, 3.05) is 36.4 Å². The Morgan fingerprint density at radius 3 is 2.57 bits per heavy atom. The average Bonchev–Trinajstić information content (AvgIpc) is 2.69. The predicted octanol–water partition coefficient (Wildman–Crippen LogP) is 4.15. The number of nitrogens with zero attached hydrogens (tertiary/aromatic N) is 2. The lowest BCUT2D eigenvalue weighted by atomic mass is 10.2. The first-order chi connectivity index (χ1) is 13.5. The van der Waals surface area contributed by atoms with Gasteiger partial charge in [-0.1, -0.05) is 29.3 Å². The molecule has 0 unspecified atom stereocenters. The van der Waals surface area contributed by atoms with Crippen molar-refractivity contribution in [1.82, 2.24) is 4.90 Å². The molecule has 2 aliphatic rings. The molecule has 2 amide bonds. The molecule has 0 bridgehead atoms. The Morgan fingerprint density at radius 2 is 1.82 bits per heavy atom. The second-order valence-corrected chi connectivity index (χ2v) is 8.91. The maximum absolute atomic E-state index is 12.7. The Labute approximate surface area is 178 Å². The van der Waals surface area contributed by atoms with Crippen LogP contribution < -0.4 is 10.2 Å². The lowest BCUT2D eigenvalue weighted by molar-refractivity contribution is -0.132. The van der Waals surface area contributed by atoms with Gasteiger partial charge in [0.25, 0.3) is 0 Å². The summed E-state index contributed by atoms with van der Waals surface area (Å²) in [6, 6.07) is 13.1. The fourth-order valence-corrected chi connectivity index (χ4v) is 4.87. The van der Waals surface area contributed by atoms with Gasteiger partial charge in [0.2, 0.25) is 11.8 Å². The van der Waals surface area contributed by atoms with Gasteiger partial charge in [-0.15, -0.1) is 11.8 Å². The molecule has 1 atom stereocenters. The van der Waals surface area contributed by atoms with Crippen LogP contribution in [-0.4, -0.2) is 48.1 Å². The van der Waals surface area contributed by atoms with E-state index in [1.54, 1.807) is 12.1 Å². The number of hydrogen-bond donors (Lipinski definition) is 1. The molecule has 1 saturated heterocycles. The van der Waals surface area contributed by atoms with Crippen molar-refractivity contribution in [3.8, 4) is 0 Å². The van der Waals surface area contributed by atoms with Crippen LogP contribution in [0.25, 0.3) is 0 Å². The van der Waals surface area contributed by atoms with Gasteiger partial charge in [0.15, 0.2) is 0 Å². The molecule has 0 aliphatic carbocycles. The van der Waals surface area contributed by atoms with Crippen LogP contribution in [0.15, 0.2) is 47.4 Å². The number of rotatable bonds is 3. The zero-order chi connectivity index (χ0) is 19.7. The maximum atomic E-state index is 12.7. The van der Waals surface area contributed by atoms with E-state index in [-0.39, 0.29) is 18.2 Å². The predicted molar refractivity (Wildman–Crippen MR) is 115 cm³/mol. The van der Waals surface area contributed by atoms with Crippen LogP contribution in [0.3, 0.4) is 0 Å². The number of fused-ring (bicyclic) bond motifs is 1. The van der Waals surface area contributed by atoms with E-state index < -0.39 is 5.25 Å². The molecule has 2 heterocycles. The molecule has 0 spiro atoms. The monoisotopic (exact) mass is 435 g/mol. The molecule has 2 aromatic rings. The van der Waals surface area contributed by atoms with E-state index in [9.17, 15) is 9.59 Å². The van der Waals surface area contributed by atoms with Crippen LogP contribution in [0.2, 0.25) is 10.0 Å². The minimum Gasteiger partial charge on any atom is -0.368 e. The van der Waals surface area contributed by atoms with Crippen LogP contribution in [0.5, 0.6) is 0 Å². The van der Waals surface area contributed by atoms with Gasteiger partial charge < -0.3 is 15.1 Å². The van der Waals surface area contributed by atoms with E-state index in [0.29, 0.717) is 28.8 Å². The molecule has 2 aromatic carbocycles. The van der Waals surface area contributed by atoms with Crippen molar-refractivity contribution < 1.29 is 9.59 Å². The molecule has 146 valence electrons. The molecule has 28 heavy (non-hydrogen) atoms. The van der Waals surface area contributed by atoms with E-state index in [2.05, 4.69) is 10.2 Å². The first-order valence-electron chi connectivity index (χ1n) is 9.05. The lowest BCUT2D eigenvalue weighted by Crippen LogP contribution is -2.49. The Bertz CT molecular complexity index is 916. The molecule has 0 saturated carbocycles. The standard InChI is InChI=1S/C20H19Cl2N3O2S/c21-13-2-1-3-15(10-13)24-6-8-25(9-7-24)19(26)12-18-20(27)23-16-11-14(22)4-5-17(16)28-18/h1-5,10-11,18H,6-9,12H2,(H,23,27)/t18-/m1/s1. The van der Waals surface area contributed by atoms with E-state index in [0.717, 1.165) is 23.7 Å². The molecule has 1 N–H and O–H groups in total. The number of nitrogens with one attached hydrogen (secondary N) is 1. The molecule has 5 nitrogen and oxygen atoms in total. The Kier molecular flexibility index (Phi) is 5.71. The average molecular weight is 436 g/mol. The van der Waals surface area contributed by atoms with E-state index in [1.165, 1.54) is 11.8 Å². The highest BCUT2D eigenvalue weighted by molar-refractivity contribution is 8.01. The summed E-state index contributed by atoms with van der Waals surface area (Å²) in [5.74, 6) is -0.138. The van der Waals surface area contributed by atoms with Gasteiger partial charge in [0, 0.05) is 53.2 Å². The SMILES string of the molecule is O=C1Nc2cc(Cl)ccc2S[C@@H]1CC(=O)N1CCN(c2cccc(Cl)c2)CC1. The highest BCUT2D eigenvalue weighted by Gasteiger charge is 2.31. The number of thioether (sulfide) groups is 1. The van der Waals surface area contributed by atoms with Crippen LogP contribution in [0.1, 0.15) is 6.42 Å². The van der Waals surface area contributed by atoms with Gasteiger partial charge in [0.1, 0.15) is 0 Å². The topological polar surface area (TPSA) is 52.7 Å². The minimum atomic E-state index is -0.424. The summed E-state index contributed by atoms with van der Waals surface area (Å²) in [4.78, 5) is 30.1. The number of halogens is 2. The molecule has 0 aromatic heterocycles. The smallest absolute Gasteiger partial charge is 0.238 e. The number of piperazine rings is 1. The minimum absolute atomic E-state index is 0.0100. The quantitative estimate of drug-likeness (QED) is 0.786. The van der Waals surface area contributed by atoms with Gasteiger partial charge in [-0.3, -0.25) is 9.59 Å². The van der Waals surface area contributed by atoms with Crippen LogP contribution in [0.4, 0.5) is 11.4 Å². The number of hydrogen-bond acceptors (Lipinski definition) is 4. The van der Waals surface area contributed by atoms with Crippen LogP contribution >= 0.6 is 35.0 Å². The van der Waals surface area contributed by atoms with Crippen molar-refractivity contribution in [2.45, 2.75) is 16.6 Å². The second kappa shape index (κ2) is 8.23. The normalized spacial score (nSPS) is 19.2. The van der Waals surface area contributed by atoms with E-state index >= 15 is 0 Å². The summed E-state index contributed by atoms with van der Waals surface area (Å²) >= 11 is 13.5. The maximum Gasteiger partial charge on any atom is 0.238 e. The lowest BCUT2D eigenvalue weighted by Gasteiger charge is -2.37. The largest absolute Gasteiger partial charge is 0.368 e. The second-order valence-electron chi connectivity index (χ2n) is 6.79. The van der Waals surface area contributed by atoms with Gasteiger partial charge in [-0.2, -0.15) is 0 Å². The number of carbonyl (C=O) groups excluding carboxylic acids is 2. The molecule has 4 rings (SSSR count).